The summed E-state index contributed by atoms with van der Waals surface area (Å²) in [5.41, 5.74) is -0.818. The van der Waals surface area contributed by atoms with Crippen LogP contribution in [0.25, 0.3) is 0 Å². The molecule has 0 heterocycles. The van der Waals surface area contributed by atoms with Gasteiger partial charge in [-0.1, -0.05) is 31.6 Å². The van der Waals surface area contributed by atoms with Crippen LogP contribution in [0.3, 0.4) is 0 Å². The summed E-state index contributed by atoms with van der Waals surface area (Å²) in [5.74, 6) is -7.43. The molecule has 2 bridgehead atoms. The predicted octanol–water partition coefficient (Wildman–Crippen LogP) is 7.30. The Bertz CT molecular complexity index is 1600. The number of halogens is 7. The lowest BCUT2D eigenvalue weighted by atomic mass is 9.87. The second-order valence-electron chi connectivity index (χ2n) is 11.7. The molecule has 0 radical (unpaired) electrons. The van der Waals surface area contributed by atoms with Crippen molar-refractivity contribution in [2.75, 3.05) is 19.5 Å². The molecule has 2 aromatic rings. The Morgan fingerprint density at radius 1 is 0.848 bits per heavy atom. The lowest BCUT2D eigenvalue weighted by Crippen LogP contribution is -2.47. The van der Waals surface area contributed by atoms with Crippen LogP contribution in [0, 0.1) is 35.3 Å². The molecule has 3 aliphatic rings. The van der Waals surface area contributed by atoms with Gasteiger partial charge in [0.05, 0.1) is 37.7 Å². The highest BCUT2D eigenvalue weighted by Gasteiger charge is 2.67. The summed E-state index contributed by atoms with van der Waals surface area (Å²) in [6.07, 6.45) is 5.29. The van der Waals surface area contributed by atoms with Gasteiger partial charge in [0.15, 0.2) is 11.6 Å². The number of esters is 1. The molecule has 252 valence electrons. The molecule has 2 saturated carbocycles. The van der Waals surface area contributed by atoms with E-state index in [9.17, 15) is 42.6 Å². The fourth-order valence-corrected chi connectivity index (χ4v) is 7.23. The molecule has 0 aromatic heterocycles. The molecule has 2 aromatic carbocycles. The van der Waals surface area contributed by atoms with Crippen molar-refractivity contribution in [1.82, 2.24) is 5.32 Å². The molecule has 4 atom stereocenters. The third kappa shape index (κ3) is 6.90. The average Bonchev–Trinajstić information content (AvgIpc) is 3.59. The molecule has 46 heavy (non-hydrogen) atoms. The maximum Gasteiger partial charge on any atom is 0.313 e. The van der Waals surface area contributed by atoms with E-state index in [0.717, 1.165) is 18.2 Å². The molecule has 2 N–H and O–H groups in total. The van der Waals surface area contributed by atoms with Crippen LogP contribution in [0.4, 0.5) is 33.9 Å². The number of methoxy groups -OCH3 is 2. The number of ether oxygens (including phenoxy) is 3. The van der Waals surface area contributed by atoms with Gasteiger partial charge in [0.25, 0.3) is 5.91 Å². The highest BCUT2D eigenvalue weighted by atomic mass is 32.5. The molecular formula is C30H31F7N2O6S. The van der Waals surface area contributed by atoms with E-state index in [1.807, 2.05) is 0 Å². The van der Waals surface area contributed by atoms with Crippen molar-refractivity contribution in [3.8, 4) is 11.5 Å². The number of anilines is 1. The zero-order chi connectivity index (χ0) is 33.7. The van der Waals surface area contributed by atoms with Gasteiger partial charge < -0.3 is 24.8 Å². The zero-order valence-electron chi connectivity index (χ0n) is 24.5. The average molecular weight is 681 g/mol. The third-order valence-corrected chi connectivity index (χ3v) is 9.82. The first kappa shape index (κ1) is 33.4. The molecule has 2 amide bonds. The van der Waals surface area contributed by atoms with Gasteiger partial charge in [0.1, 0.15) is 16.5 Å². The van der Waals surface area contributed by atoms with Gasteiger partial charge in [-0.15, -0.1) is 0 Å². The van der Waals surface area contributed by atoms with Crippen molar-refractivity contribution in [1.29, 1.82) is 0 Å². The largest absolute Gasteiger partial charge is 0.496 e. The Kier molecular flexibility index (Phi) is 8.27. The highest BCUT2D eigenvalue weighted by Crippen LogP contribution is 3.02. The topological polar surface area (TPSA) is 103 Å². The van der Waals surface area contributed by atoms with Crippen LogP contribution in [-0.2, 0) is 14.3 Å². The first-order chi connectivity index (χ1) is 21.4. The van der Waals surface area contributed by atoms with Gasteiger partial charge in [-0.2, -0.15) is 0 Å². The summed E-state index contributed by atoms with van der Waals surface area (Å²) in [4.78, 5) is 35.9. The summed E-state index contributed by atoms with van der Waals surface area (Å²) in [5, 5.41) is 4.89. The normalized spacial score (nSPS) is 26.9. The minimum atomic E-state index is -10.4. The number of carbonyl (C=O) groups excluding carboxylic acids is 3. The van der Waals surface area contributed by atoms with Crippen LogP contribution in [0.1, 0.15) is 42.5 Å². The lowest BCUT2D eigenvalue weighted by Gasteiger charge is -2.40. The summed E-state index contributed by atoms with van der Waals surface area (Å²) in [6, 6.07) is 2.01. The number of rotatable bonds is 9. The Hall–Kier alpha value is -3.95. The number of hydrogen-bond donors (Lipinski definition) is 2. The molecule has 3 aliphatic carbocycles. The quantitative estimate of drug-likeness (QED) is 0.164. The minimum absolute atomic E-state index is 0.118. The molecule has 8 nitrogen and oxygen atoms in total. The number of amides is 2. The van der Waals surface area contributed by atoms with E-state index < -0.39 is 68.2 Å². The van der Waals surface area contributed by atoms with Crippen molar-refractivity contribution in [2.24, 2.45) is 23.7 Å². The van der Waals surface area contributed by atoms with Crippen LogP contribution >= 0.6 is 10.2 Å². The summed E-state index contributed by atoms with van der Waals surface area (Å²) >= 11 is 0. The van der Waals surface area contributed by atoms with Gasteiger partial charge in [0.2, 0.25) is 5.91 Å². The third-order valence-electron chi connectivity index (χ3n) is 8.68. The fourth-order valence-electron chi connectivity index (χ4n) is 6.44. The molecule has 5 rings (SSSR count). The number of fused-ring (bicyclic) bond motifs is 2. The molecule has 0 unspecified atom stereocenters. The lowest BCUT2D eigenvalue weighted by molar-refractivity contribution is -0.147. The van der Waals surface area contributed by atoms with Gasteiger partial charge in [-0.05, 0) is 68.2 Å². The Labute approximate surface area is 259 Å². The monoisotopic (exact) mass is 680 g/mol. The highest BCUT2D eigenvalue weighted by molar-refractivity contribution is 8.45. The zero-order valence-corrected chi connectivity index (χ0v) is 25.4. The summed E-state index contributed by atoms with van der Waals surface area (Å²) in [7, 11) is -7.88. The first-order valence-corrected chi connectivity index (χ1v) is 16.3. The smallest absolute Gasteiger partial charge is 0.313 e. The van der Waals surface area contributed by atoms with Crippen LogP contribution in [-0.4, -0.2) is 44.1 Å². The van der Waals surface area contributed by atoms with E-state index >= 15 is 0 Å². The molecular weight excluding hydrogens is 649 g/mol. The van der Waals surface area contributed by atoms with Crippen LogP contribution in [0.5, 0.6) is 11.5 Å². The number of benzene rings is 2. The van der Waals surface area contributed by atoms with Gasteiger partial charge in [0, 0.05) is 17.8 Å². The van der Waals surface area contributed by atoms with Crippen LogP contribution in [0.15, 0.2) is 47.4 Å². The van der Waals surface area contributed by atoms with Crippen LogP contribution < -0.4 is 20.1 Å². The maximum absolute atomic E-state index is 15.0. The summed E-state index contributed by atoms with van der Waals surface area (Å²) in [6.45, 7) is 0. The molecule has 0 spiro atoms. The van der Waals surface area contributed by atoms with E-state index in [1.54, 1.807) is 12.2 Å². The van der Waals surface area contributed by atoms with E-state index in [1.165, 1.54) is 14.2 Å². The van der Waals surface area contributed by atoms with Crippen molar-refractivity contribution in [3.05, 3.63) is 59.7 Å². The van der Waals surface area contributed by atoms with Crippen molar-refractivity contribution in [3.63, 3.8) is 0 Å². The van der Waals surface area contributed by atoms with Crippen molar-refractivity contribution < 1.29 is 56.8 Å². The first-order valence-electron chi connectivity index (χ1n) is 14.3. The number of nitrogens with one attached hydrogen (secondary N) is 2. The minimum Gasteiger partial charge on any atom is -0.496 e. The second-order valence-corrected chi connectivity index (χ2v) is 14.1. The Morgan fingerprint density at radius 2 is 1.52 bits per heavy atom. The number of allylic oxidation sites excluding steroid dienone is 1. The molecule has 0 saturated heterocycles. The Morgan fingerprint density at radius 3 is 2.15 bits per heavy atom. The van der Waals surface area contributed by atoms with E-state index in [4.69, 9.17) is 14.2 Å². The molecule has 2 fully saturated rings. The fraction of sp³-hybridized carbons (Fsp3) is 0.433. The second kappa shape index (κ2) is 11.4. The van der Waals surface area contributed by atoms with Crippen molar-refractivity contribution in [2.45, 2.75) is 49.1 Å². The Balaban J connectivity index is 1.33. The van der Waals surface area contributed by atoms with E-state index in [-0.39, 0.29) is 47.0 Å². The molecule has 16 heteroatoms. The SMILES string of the molecule is COC(=O)C1CCC(Oc2cc(C(=O)N[C@H]3[C@@H](C(=O)Nc4ccc(F)c(S(F)(F)(F)(F)F)c4)[C@@H]4C=C[C@H]3C4)c(OC)cc2F)CC1. The standard InChI is InChI=1S/C30H31F7N2O6S/c1-43-23-14-22(32)24(45-19-8-5-15(6-9-19)30(42)44-2)13-20(23)28(40)39-27-17-4-3-16(11-17)26(27)29(41)38-18-7-10-21(31)25(12-18)46(33,34,35,36)37/h3-4,7,10,12-17,19,26-27H,5-6,8-9,11H2,1-2H3,(H,38,41)(H,39,40)/t15?,16-,17+,19?,26+,27-/m1/s1. The predicted molar refractivity (Wildman–Crippen MR) is 153 cm³/mol. The summed E-state index contributed by atoms with van der Waals surface area (Å²) < 4.78 is 111. The van der Waals surface area contributed by atoms with E-state index in [2.05, 4.69) is 10.6 Å². The van der Waals surface area contributed by atoms with Gasteiger partial charge in [-0.3, -0.25) is 14.4 Å². The maximum atomic E-state index is 15.0. The van der Waals surface area contributed by atoms with Gasteiger partial charge in [-0.25, -0.2) is 8.78 Å². The molecule has 0 aliphatic heterocycles. The number of hydrogen-bond acceptors (Lipinski definition) is 6. The number of carbonyl (C=O) groups is 3. The van der Waals surface area contributed by atoms with Crippen LogP contribution in [0.2, 0.25) is 0 Å². The van der Waals surface area contributed by atoms with E-state index in [0.29, 0.717) is 32.1 Å². The van der Waals surface area contributed by atoms with Gasteiger partial charge >= 0.3 is 16.2 Å². The van der Waals surface area contributed by atoms with Crippen molar-refractivity contribution >= 4 is 33.7 Å².